The lowest BCUT2D eigenvalue weighted by molar-refractivity contribution is -0.141. The number of nitrogens with one attached hydrogen (secondary N) is 1. The third-order valence-corrected chi connectivity index (χ3v) is 5.96. The predicted octanol–water partition coefficient (Wildman–Crippen LogP) is 2.12. The van der Waals surface area contributed by atoms with E-state index in [1.807, 2.05) is 13.8 Å². The summed E-state index contributed by atoms with van der Waals surface area (Å²) in [4.78, 5) is 40.7. The Morgan fingerprint density at radius 2 is 2.21 bits per heavy atom. The molecule has 12 nitrogen and oxygen atoms in total. The van der Waals surface area contributed by atoms with Crippen LogP contribution in [-0.4, -0.2) is 76.3 Å². The molecule has 3 aliphatic heterocycles. The predicted molar refractivity (Wildman–Crippen MR) is 120 cm³/mol. The average Bonchev–Trinajstić information content (AvgIpc) is 3.16. The van der Waals surface area contributed by atoms with Crippen LogP contribution in [0.5, 0.6) is 5.75 Å². The van der Waals surface area contributed by atoms with Crippen molar-refractivity contribution in [2.24, 2.45) is 0 Å². The van der Waals surface area contributed by atoms with Crippen LogP contribution in [0.25, 0.3) is 0 Å². The summed E-state index contributed by atoms with van der Waals surface area (Å²) >= 11 is 0. The number of aromatic carboxylic acids is 1. The van der Waals surface area contributed by atoms with Gasteiger partial charge in [-0.1, -0.05) is 0 Å². The molecule has 34 heavy (non-hydrogen) atoms. The zero-order valence-electron chi connectivity index (χ0n) is 18.9. The summed E-state index contributed by atoms with van der Waals surface area (Å²) in [6.07, 6.45) is 4.50. The highest BCUT2D eigenvalue weighted by Crippen LogP contribution is 2.37. The molecule has 2 amide bonds. The van der Waals surface area contributed by atoms with E-state index in [1.165, 1.54) is 17.3 Å². The second-order valence-electron chi connectivity index (χ2n) is 8.89. The highest BCUT2D eigenvalue weighted by atomic mass is 16.7. The van der Waals surface area contributed by atoms with Gasteiger partial charge in [0.2, 0.25) is 5.82 Å². The maximum Gasteiger partial charge on any atom is 0.374 e. The van der Waals surface area contributed by atoms with Crippen molar-refractivity contribution >= 4 is 29.3 Å². The number of carbonyl (C=O) groups excluding carboxylic acids is 1. The molecule has 5 rings (SSSR count). The number of amides is 2. The Kier molecular flexibility index (Phi) is 5.70. The summed E-state index contributed by atoms with van der Waals surface area (Å²) in [5.74, 6) is -1.12. The molecule has 2 aromatic rings. The minimum Gasteiger partial charge on any atom is -0.491 e. The van der Waals surface area contributed by atoms with E-state index >= 15 is 0 Å². The number of piperidine rings is 1. The molecule has 0 saturated carbocycles. The van der Waals surface area contributed by atoms with Crippen LogP contribution in [-0.2, 0) is 9.47 Å². The first kappa shape index (κ1) is 22.3. The topological polar surface area (TPSA) is 139 Å². The van der Waals surface area contributed by atoms with Crippen molar-refractivity contribution in [1.82, 2.24) is 15.0 Å². The number of aromatic nitrogens is 3. The molecule has 2 aromatic heterocycles. The van der Waals surface area contributed by atoms with Gasteiger partial charge < -0.3 is 24.2 Å². The molecule has 180 valence electrons. The van der Waals surface area contributed by atoms with Gasteiger partial charge in [-0.3, -0.25) is 10.2 Å². The molecule has 0 aliphatic carbocycles. The average molecular weight is 470 g/mol. The molecular formula is C22H26N6O6. The fourth-order valence-corrected chi connectivity index (χ4v) is 4.46. The maximum atomic E-state index is 13.3. The first-order chi connectivity index (χ1) is 16.3. The van der Waals surface area contributed by atoms with E-state index in [-0.39, 0.29) is 23.8 Å². The summed E-state index contributed by atoms with van der Waals surface area (Å²) in [5, 5.41) is 12.1. The van der Waals surface area contributed by atoms with Crippen LogP contribution >= 0.6 is 0 Å². The number of nitrogens with zero attached hydrogens (tertiary/aromatic N) is 5. The molecule has 2 fully saturated rings. The van der Waals surface area contributed by atoms with E-state index in [4.69, 9.17) is 14.2 Å². The first-order valence-electron chi connectivity index (χ1n) is 11.2. The third-order valence-electron chi connectivity index (χ3n) is 5.96. The van der Waals surface area contributed by atoms with E-state index in [0.717, 1.165) is 19.4 Å². The van der Waals surface area contributed by atoms with Crippen molar-refractivity contribution in [2.45, 2.75) is 44.6 Å². The van der Waals surface area contributed by atoms with Crippen LogP contribution < -0.4 is 19.9 Å². The van der Waals surface area contributed by atoms with Crippen LogP contribution in [0.1, 0.15) is 37.3 Å². The molecule has 2 atom stereocenters. The van der Waals surface area contributed by atoms with Crippen molar-refractivity contribution in [3.8, 4) is 5.75 Å². The normalized spacial score (nSPS) is 22.8. The van der Waals surface area contributed by atoms with Gasteiger partial charge in [-0.25, -0.2) is 24.5 Å². The number of fused-ring (bicyclic) bond motifs is 4. The number of hydrogen-bond donors (Lipinski definition) is 2. The van der Waals surface area contributed by atoms with Crippen molar-refractivity contribution < 1.29 is 28.9 Å². The molecular weight excluding hydrogens is 444 g/mol. The van der Waals surface area contributed by atoms with Gasteiger partial charge in [0.05, 0.1) is 24.5 Å². The highest BCUT2D eigenvalue weighted by molar-refractivity contribution is 6.04. The van der Waals surface area contributed by atoms with Gasteiger partial charge in [0.15, 0.2) is 11.6 Å². The second-order valence-corrected chi connectivity index (χ2v) is 8.89. The second kappa shape index (κ2) is 8.69. The smallest absolute Gasteiger partial charge is 0.374 e. The van der Waals surface area contributed by atoms with Crippen molar-refractivity contribution in [1.29, 1.82) is 0 Å². The van der Waals surface area contributed by atoms with Crippen LogP contribution in [0.2, 0.25) is 0 Å². The summed E-state index contributed by atoms with van der Waals surface area (Å²) in [7, 11) is 0. The van der Waals surface area contributed by atoms with Gasteiger partial charge in [0, 0.05) is 25.4 Å². The Balaban J connectivity index is 1.32. The van der Waals surface area contributed by atoms with Gasteiger partial charge in [-0.15, -0.1) is 0 Å². The molecule has 1 unspecified atom stereocenters. The van der Waals surface area contributed by atoms with Crippen molar-refractivity contribution in [3.63, 3.8) is 0 Å². The maximum absolute atomic E-state index is 13.3. The minimum atomic E-state index is -1.25. The van der Waals surface area contributed by atoms with Crippen molar-refractivity contribution in [3.05, 3.63) is 30.4 Å². The van der Waals surface area contributed by atoms with E-state index in [1.54, 1.807) is 12.1 Å². The number of urea groups is 1. The van der Waals surface area contributed by atoms with Gasteiger partial charge >= 0.3 is 12.0 Å². The Morgan fingerprint density at radius 1 is 1.35 bits per heavy atom. The van der Waals surface area contributed by atoms with E-state index in [9.17, 15) is 14.7 Å². The zero-order valence-corrected chi connectivity index (χ0v) is 18.9. The molecule has 2 bridgehead atoms. The first-order valence-corrected chi connectivity index (χ1v) is 11.2. The monoisotopic (exact) mass is 470 g/mol. The van der Waals surface area contributed by atoms with Crippen LogP contribution in [0, 0.1) is 0 Å². The molecule has 0 aromatic carbocycles. The lowest BCUT2D eigenvalue weighted by Gasteiger charge is -2.45. The van der Waals surface area contributed by atoms with Gasteiger partial charge in [-0.2, -0.15) is 0 Å². The number of hydrogen-bond acceptors (Lipinski definition) is 9. The number of pyridine rings is 1. The summed E-state index contributed by atoms with van der Waals surface area (Å²) in [6.45, 7) is 5.88. The number of carbonyl (C=O) groups is 2. The summed E-state index contributed by atoms with van der Waals surface area (Å²) in [5.41, 5.74) is 0.642. The molecule has 3 aliphatic rings. The number of ether oxygens (including phenoxy) is 3. The Morgan fingerprint density at radius 3 is 2.97 bits per heavy atom. The Bertz CT molecular complexity index is 1110. The number of carboxylic acids is 1. The van der Waals surface area contributed by atoms with Gasteiger partial charge in [0.1, 0.15) is 24.3 Å². The summed E-state index contributed by atoms with van der Waals surface area (Å²) < 4.78 is 17.1. The zero-order chi connectivity index (χ0) is 23.9. The lowest BCUT2D eigenvalue weighted by atomic mass is 10.0. The highest BCUT2D eigenvalue weighted by Gasteiger charge is 2.39. The van der Waals surface area contributed by atoms with Gasteiger partial charge in [-0.05, 0) is 32.8 Å². The van der Waals surface area contributed by atoms with E-state index in [2.05, 4.69) is 25.2 Å². The molecule has 2 N–H and O–H groups in total. The van der Waals surface area contributed by atoms with Crippen LogP contribution in [0.4, 0.5) is 22.1 Å². The van der Waals surface area contributed by atoms with Crippen LogP contribution in [0.15, 0.2) is 24.5 Å². The molecule has 12 heteroatoms. The largest absolute Gasteiger partial charge is 0.491 e. The fraction of sp³-hybridized carbons (Fsp3) is 0.500. The quantitative estimate of drug-likeness (QED) is 0.668. The Labute approximate surface area is 195 Å². The van der Waals surface area contributed by atoms with Crippen LogP contribution in [0.3, 0.4) is 0 Å². The van der Waals surface area contributed by atoms with Crippen molar-refractivity contribution in [2.75, 3.05) is 41.4 Å². The number of rotatable bonds is 5. The third kappa shape index (κ3) is 4.46. The molecule has 2 saturated heterocycles. The standard InChI is InChI=1S/C22H26N6O6/c1-22(2)33-12-15(34-22)11-32-14-5-6-23-17(8-14)25-21(31)28-13-4-3-7-27(10-13)16-9-24-18(20(29)30)26-19(16)28/h5-6,8-9,13,15H,3-4,7,10-12H2,1-2H3,(H,29,30)(H,23,25,31)/t13-,15?/m0/s1. The minimum absolute atomic E-state index is 0.139. The summed E-state index contributed by atoms with van der Waals surface area (Å²) in [6, 6.07) is 2.74. The fourth-order valence-electron chi connectivity index (χ4n) is 4.46. The Hall–Kier alpha value is -3.51. The number of carboxylic acid groups (broad SMARTS) is 1. The van der Waals surface area contributed by atoms with E-state index in [0.29, 0.717) is 37.0 Å². The SMILES string of the molecule is CC1(C)OCC(COc2ccnc(NC(=O)N3c4nc(C(=O)O)ncc4N4CCC[C@H]3C4)c2)O1. The van der Waals surface area contributed by atoms with E-state index < -0.39 is 17.8 Å². The lowest BCUT2D eigenvalue weighted by Crippen LogP contribution is -2.56. The molecule has 5 heterocycles. The van der Waals surface area contributed by atoms with Gasteiger partial charge in [0.25, 0.3) is 0 Å². The number of anilines is 3. The molecule has 0 radical (unpaired) electrons. The molecule has 0 spiro atoms.